The lowest BCUT2D eigenvalue weighted by Crippen LogP contribution is -2.50. The van der Waals surface area contributed by atoms with E-state index in [1.165, 1.54) is 19.3 Å². The average molecular weight is 228 g/mol. The average Bonchev–Trinajstić information content (AvgIpc) is 2.10. The highest BCUT2D eigenvalue weighted by Crippen LogP contribution is 2.28. The summed E-state index contributed by atoms with van der Waals surface area (Å²) in [6, 6.07) is 0.969. The van der Waals surface area contributed by atoms with Crippen molar-refractivity contribution in [2.45, 2.75) is 59.0 Å². The molecule has 0 amide bonds. The second-order valence-electron chi connectivity index (χ2n) is 5.18. The van der Waals surface area contributed by atoms with E-state index < -0.39 is 0 Å². The highest BCUT2D eigenvalue weighted by molar-refractivity contribution is 7.80. The fourth-order valence-corrected chi connectivity index (χ4v) is 2.79. The molecule has 0 aromatic heterocycles. The third kappa shape index (κ3) is 3.98. The lowest BCUT2D eigenvalue weighted by Gasteiger charge is -2.36. The molecule has 88 valence electrons. The Morgan fingerprint density at radius 1 is 1.20 bits per heavy atom. The number of thiocarbonyl (C=S) groups is 1. The molecule has 0 aromatic carbocycles. The van der Waals surface area contributed by atoms with Crippen molar-refractivity contribution < 1.29 is 0 Å². The molecule has 0 saturated heterocycles. The van der Waals surface area contributed by atoms with Crippen molar-refractivity contribution in [3.8, 4) is 0 Å². The van der Waals surface area contributed by atoms with Gasteiger partial charge in [0.15, 0.2) is 5.11 Å². The fourth-order valence-electron chi connectivity index (χ4n) is 2.42. The van der Waals surface area contributed by atoms with Crippen molar-refractivity contribution in [2.24, 2.45) is 11.8 Å². The number of hydrogen-bond acceptors (Lipinski definition) is 1. The molecule has 2 atom stereocenters. The zero-order valence-corrected chi connectivity index (χ0v) is 11.2. The molecule has 0 radical (unpaired) electrons. The van der Waals surface area contributed by atoms with E-state index in [4.69, 9.17) is 12.2 Å². The molecule has 1 aliphatic rings. The molecule has 15 heavy (non-hydrogen) atoms. The maximum absolute atomic E-state index is 5.29. The summed E-state index contributed by atoms with van der Waals surface area (Å²) in [6.45, 7) is 8.88. The second-order valence-corrected chi connectivity index (χ2v) is 5.59. The van der Waals surface area contributed by atoms with Gasteiger partial charge in [0.05, 0.1) is 0 Å². The first-order chi connectivity index (χ1) is 7.00. The summed E-state index contributed by atoms with van der Waals surface area (Å²) in [5.74, 6) is 1.47. The maximum Gasteiger partial charge on any atom is 0.166 e. The van der Waals surface area contributed by atoms with E-state index in [0.29, 0.717) is 12.1 Å². The predicted molar refractivity (Wildman–Crippen MR) is 70.0 cm³/mol. The van der Waals surface area contributed by atoms with Crippen LogP contribution in [-0.2, 0) is 0 Å². The van der Waals surface area contributed by atoms with Crippen LogP contribution >= 0.6 is 12.2 Å². The van der Waals surface area contributed by atoms with Crippen molar-refractivity contribution in [3.63, 3.8) is 0 Å². The van der Waals surface area contributed by atoms with E-state index in [1.54, 1.807) is 0 Å². The van der Waals surface area contributed by atoms with Gasteiger partial charge in [-0.15, -0.1) is 0 Å². The molecule has 1 aliphatic carbocycles. The van der Waals surface area contributed by atoms with Crippen LogP contribution in [-0.4, -0.2) is 17.2 Å². The first kappa shape index (κ1) is 12.8. The summed E-state index contributed by atoms with van der Waals surface area (Å²) in [6.07, 6.45) is 4.02. The summed E-state index contributed by atoms with van der Waals surface area (Å²) in [4.78, 5) is 0. The van der Waals surface area contributed by atoms with Crippen LogP contribution in [0.25, 0.3) is 0 Å². The van der Waals surface area contributed by atoms with Gasteiger partial charge in [-0.3, -0.25) is 0 Å². The highest BCUT2D eigenvalue weighted by atomic mass is 32.1. The van der Waals surface area contributed by atoms with Gasteiger partial charge in [0.1, 0.15) is 0 Å². The molecule has 2 N–H and O–H groups in total. The summed E-state index contributed by atoms with van der Waals surface area (Å²) < 4.78 is 0. The van der Waals surface area contributed by atoms with E-state index in [9.17, 15) is 0 Å². The Hall–Kier alpha value is -0.310. The van der Waals surface area contributed by atoms with E-state index >= 15 is 0 Å². The Bertz CT molecular complexity index is 206. The quantitative estimate of drug-likeness (QED) is 0.711. The van der Waals surface area contributed by atoms with Crippen LogP contribution in [0.2, 0.25) is 0 Å². The first-order valence-corrected chi connectivity index (χ1v) is 6.48. The molecule has 0 aromatic rings. The first-order valence-electron chi connectivity index (χ1n) is 6.07. The molecule has 3 heteroatoms. The zero-order chi connectivity index (χ0) is 11.4. The fraction of sp³-hybridized carbons (Fsp3) is 0.917. The summed E-state index contributed by atoms with van der Waals surface area (Å²) in [5, 5.41) is 7.54. The van der Waals surface area contributed by atoms with Crippen molar-refractivity contribution in [2.75, 3.05) is 0 Å². The van der Waals surface area contributed by atoms with Gasteiger partial charge in [-0.05, 0) is 50.7 Å². The molecular weight excluding hydrogens is 204 g/mol. The minimum atomic E-state index is 0.416. The molecule has 0 aliphatic heterocycles. The van der Waals surface area contributed by atoms with E-state index in [2.05, 4.69) is 38.3 Å². The molecule has 1 rings (SSSR count). The lowest BCUT2D eigenvalue weighted by atomic mass is 9.79. The summed E-state index contributed by atoms with van der Waals surface area (Å²) in [5.41, 5.74) is 0. The van der Waals surface area contributed by atoms with Crippen LogP contribution in [0.15, 0.2) is 0 Å². The topological polar surface area (TPSA) is 24.1 Å². The van der Waals surface area contributed by atoms with Crippen molar-refractivity contribution in [3.05, 3.63) is 0 Å². The SMILES string of the molecule is CC(C)NC(=S)NC1C(C)CCCC1C. The Labute approximate surface area is 99.2 Å². The lowest BCUT2D eigenvalue weighted by molar-refractivity contribution is 0.230. The van der Waals surface area contributed by atoms with E-state index in [0.717, 1.165) is 16.9 Å². The van der Waals surface area contributed by atoms with E-state index in [-0.39, 0.29) is 0 Å². The number of hydrogen-bond donors (Lipinski definition) is 2. The molecule has 0 heterocycles. The van der Waals surface area contributed by atoms with Gasteiger partial charge in [0, 0.05) is 12.1 Å². The largest absolute Gasteiger partial charge is 0.361 e. The Morgan fingerprint density at radius 2 is 1.73 bits per heavy atom. The van der Waals surface area contributed by atoms with Crippen LogP contribution in [0, 0.1) is 11.8 Å². The Balaban J connectivity index is 2.44. The molecule has 2 unspecified atom stereocenters. The Kier molecular flexibility index (Phi) is 4.84. The van der Waals surface area contributed by atoms with Crippen LogP contribution < -0.4 is 10.6 Å². The monoisotopic (exact) mass is 228 g/mol. The molecule has 1 fully saturated rings. The van der Waals surface area contributed by atoms with Gasteiger partial charge >= 0.3 is 0 Å². The van der Waals surface area contributed by atoms with Crippen molar-refractivity contribution in [1.82, 2.24) is 10.6 Å². The van der Waals surface area contributed by atoms with Crippen LogP contribution in [0.1, 0.15) is 47.0 Å². The summed E-state index contributed by atoms with van der Waals surface area (Å²) >= 11 is 5.29. The van der Waals surface area contributed by atoms with Crippen LogP contribution in [0.4, 0.5) is 0 Å². The standard InChI is InChI=1S/C12H24N2S/c1-8(2)13-12(15)14-11-9(3)6-5-7-10(11)4/h8-11H,5-7H2,1-4H3,(H2,13,14,15). The van der Waals surface area contributed by atoms with Gasteiger partial charge in [-0.25, -0.2) is 0 Å². The van der Waals surface area contributed by atoms with Gasteiger partial charge < -0.3 is 10.6 Å². The second kappa shape index (κ2) is 5.69. The number of nitrogens with one attached hydrogen (secondary N) is 2. The molecule has 1 saturated carbocycles. The van der Waals surface area contributed by atoms with Crippen LogP contribution in [0.3, 0.4) is 0 Å². The zero-order valence-electron chi connectivity index (χ0n) is 10.3. The molecule has 0 bridgehead atoms. The minimum Gasteiger partial charge on any atom is -0.361 e. The molecule has 2 nitrogen and oxygen atoms in total. The van der Waals surface area contributed by atoms with Crippen LogP contribution in [0.5, 0.6) is 0 Å². The minimum absolute atomic E-state index is 0.416. The number of rotatable bonds is 2. The third-order valence-electron chi connectivity index (χ3n) is 3.26. The van der Waals surface area contributed by atoms with E-state index in [1.807, 2.05) is 0 Å². The smallest absolute Gasteiger partial charge is 0.166 e. The van der Waals surface area contributed by atoms with Gasteiger partial charge in [0.25, 0.3) is 0 Å². The maximum atomic E-state index is 5.29. The van der Waals surface area contributed by atoms with Crippen molar-refractivity contribution in [1.29, 1.82) is 0 Å². The predicted octanol–water partition coefficient (Wildman–Crippen LogP) is 2.68. The van der Waals surface area contributed by atoms with Crippen molar-refractivity contribution >= 4 is 17.3 Å². The normalized spacial score (nSPS) is 31.4. The third-order valence-corrected chi connectivity index (χ3v) is 3.50. The van der Waals surface area contributed by atoms with Gasteiger partial charge in [-0.2, -0.15) is 0 Å². The highest BCUT2D eigenvalue weighted by Gasteiger charge is 2.27. The van der Waals surface area contributed by atoms with Gasteiger partial charge in [0.2, 0.25) is 0 Å². The Morgan fingerprint density at radius 3 is 2.20 bits per heavy atom. The molecule has 0 spiro atoms. The molecular formula is C12H24N2S. The summed E-state index contributed by atoms with van der Waals surface area (Å²) in [7, 11) is 0. The van der Waals surface area contributed by atoms with Gasteiger partial charge in [-0.1, -0.05) is 20.3 Å².